The Morgan fingerprint density at radius 3 is 2.50 bits per heavy atom. The predicted octanol–water partition coefficient (Wildman–Crippen LogP) is 1.75. The van der Waals surface area contributed by atoms with E-state index in [-0.39, 0.29) is 11.9 Å². The SMILES string of the molecule is CC(NC(=O)C1CCC1C(=O)O)c1ccc2c(c1)OCCO2. The third kappa shape index (κ3) is 2.73. The summed E-state index contributed by atoms with van der Waals surface area (Å²) >= 11 is 0. The quantitative estimate of drug-likeness (QED) is 0.885. The molecule has 1 aliphatic carbocycles. The molecule has 118 valence electrons. The van der Waals surface area contributed by atoms with Crippen molar-refractivity contribution in [3.8, 4) is 11.5 Å². The summed E-state index contributed by atoms with van der Waals surface area (Å²) < 4.78 is 11.0. The van der Waals surface area contributed by atoms with Gasteiger partial charge in [0, 0.05) is 0 Å². The van der Waals surface area contributed by atoms with E-state index in [0.717, 1.165) is 5.56 Å². The van der Waals surface area contributed by atoms with Gasteiger partial charge in [0.1, 0.15) is 13.2 Å². The summed E-state index contributed by atoms with van der Waals surface area (Å²) in [7, 11) is 0. The molecule has 0 radical (unpaired) electrons. The highest BCUT2D eigenvalue weighted by atomic mass is 16.6. The summed E-state index contributed by atoms with van der Waals surface area (Å²) in [6, 6.07) is 5.36. The lowest BCUT2D eigenvalue weighted by Gasteiger charge is -2.33. The largest absolute Gasteiger partial charge is 0.486 e. The smallest absolute Gasteiger partial charge is 0.307 e. The first kappa shape index (κ1) is 14.7. The fourth-order valence-corrected chi connectivity index (χ4v) is 2.84. The summed E-state index contributed by atoms with van der Waals surface area (Å²) in [4.78, 5) is 23.2. The van der Waals surface area contributed by atoms with Gasteiger partial charge in [-0.05, 0) is 37.5 Å². The number of ether oxygens (including phenoxy) is 2. The lowest BCUT2D eigenvalue weighted by molar-refractivity contribution is -0.152. The number of carboxylic acids is 1. The minimum absolute atomic E-state index is 0.193. The van der Waals surface area contributed by atoms with Crippen LogP contribution in [0.3, 0.4) is 0 Å². The zero-order valence-electron chi connectivity index (χ0n) is 12.4. The summed E-state index contributed by atoms with van der Waals surface area (Å²) in [6.45, 7) is 2.92. The highest BCUT2D eigenvalue weighted by Gasteiger charge is 2.41. The van der Waals surface area contributed by atoms with E-state index in [1.807, 2.05) is 25.1 Å². The molecule has 1 heterocycles. The number of benzene rings is 1. The monoisotopic (exact) mass is 305 g/mol. The molecule has 1 fully saturated rings. The Bertz CT molecular complexity index is 600. The van der Waals surface area contributed by atoms with Crippen molar-refractivity contribution in [3.05, 3.63) is 23.8 Å². The molecule has 1 amide bonds. The van der Waals surface area contributed by atoms with Crippen LogP contribution in [0.4, 0.5) is 0 Å². The standard InChI is InChI=1S/C16H19NO5/c1-9(17-15(18)11-3-4-12(11)16(19)20)10-2-5-13-14(8-10)22-7-6-21-13/h2,5,8-9,11-12H,3-4,6-7H2,1H3,(H,17,18)(H,19,20). The van der Waals surface area contributed by atoms with Gasteiger partial charge in [-0.25, -0.2) is 0 Å². The first-order chi connectivity index (χ1) is 10.6. The van der Waals surface area contributed by atoms with E-state index in [2.05, 4.69) is 5.32 Å². The zero-order valence-corrected chi connectivity index (χ0v) is 12.4. The molecule has 1 aromatic rings. The third-order valence-electron chi connectivity index (χ3n) is 4.35. The van der Waals surface area contributed by atoms with E-state index < -0.39 is 17.8 Å². The van der Waals surface area contributed by atoms with E-state index in [9.17, 15) is 9.59 Å². The Morgan fingerprint density at radius 2 is 1.86 bits per heavy atom. The first-order valence-corrected chi connectivity index (χ1v) is 7.49. The molecule has 0 bridgehead atoms. The molecule has 1 aliphatic heterocycles. The maximum Gasteiger partial charge on any atom is 0.307 e. The molecule has 6 nitrogen and oxygen atoms in total. The van der Waals surface area contributed by atoms with Gasteiger partial charge in [0.2, 0.25) is 5.91 Å². The van der Waals surface area contributed by atoms with Gasteiger partial charge in [-0.2, -0.15) is 0 Å². The van der Waals surface area contributed by atoms with Crippen LogP contribution in [-0.4, -0.2) is 30.2 Å². The van der Waals surface area contributed by atoms with Crippen LogP contribution in [-0.2, 0) is 9.59 Å². The molecular weight excluding hydrogens is 286 g/mol. The van der Waals surface area contributed by atoms with E-state index in [1.54, 1.807) is 0 Å². The maximum absolute atomic E-state index is 12.2. The van der Waals surface area contributed by atoms with Crippen LogP contribution in [0.1, 0.15) is 31.4 Å². The summed E-state index contributed by atoms with van der Waals surface area (Å²) in [6.07, 6.45) is 1.21. The number of carboxylic acid groups (broad SMARTS) is 1. The number of hydrogen-bond acceptors (Lipinski definition) is 4. The van der Waals surface area contributed by atoms with Gasteiger partial charge >= 0.3 is 5.97 Å². The molecule has 2 aliphatic rings. The number of carbonyl (C=O) groups excluding carboxylic acids is 1. The molecule has 1 aromatic carbocycles. The zero-order chi connectivity index (χ0) is 15.7. The van der Waals surface area contributed by atoms with E-state index in [0.29, 0.717) is 37.6 Å². The highest BCUT2D eigenvalue weighted by Crippen LogP contribution is 2.36. The topological polar surface area (TPSA) is 84.9 Å². The van der Waals surface area contributed by atoms with Gasteiger partial charge in [0.15, 0.2) is 11.5 Å². The first-order valence-electron chi connectivity index (χ1n) is 7.49. The number of fused-ring (bicyclic) bond motifs is 1. The van der Waals surface area contributed by atoms with Gasteiger partial charge in [0.05, 0.1) is 17.9 Å². The molecule has 3 rings (SSSR count). The highest BCUT2D eigenvalue weighted by molar-refractivity contribution is 5.86. The number of hydrogen-bond donors (Lipinski definition) is 2. The van der Waals surface area contributed by atoms with E-state index in [1.165, 1.54) is 0 Å². The van der Waals surface area contributed by atoms with Crippen LogP contribution in [0.25, 0.3) is 0 Å². The van der Waals surface area contributed by atoms with Crippen LogP contribution in [0.15, 0.2) is 18.2 Å². The van der Waals surface area contributed by atoms with Crippen molar-refractivity contribution in [2.75, 3.05) is 13.2 Å². The predicted molar refractivity (Wildman–Crippen MR) is 77.8 cm³/mol. The molecule has 22 heavy (non-hydrogen) atoms. The average Bonchev–Trinajstić information content (AvgIpc) is 2.44. The minimum Gasteiger partial charge on any atom is -0.486 e. The second kappa shape index (κ2) is 5.87. The van der Waals surface area contributed by atoms with Crippen LogP contribution >= 0.6 is 0 Å². The van der Waals surface area contributed by atoms with Crippen LogP contribution in [0.5, 0.6) is 11.5 Å². The van der Waals surface area contributed by atoms with Crippen molar-refractivity contribution in [2.24, 2.45) is 11.8 Å². The number of carbonyl (C=O) groups is 2. The van der Waals surface area contributed by atoms with Gasteiger partial charge in [-0.3, -0.25) is 9.59 Å². The number of aliphatic carboxylic acids is 1. The number of amides is 1. The van der Waals surface area contributed by atoms with Gasteiger partial charge in [0.25, 0.3) is 0 Å². The fourth-order valence-electron chi connectivity index (χ4n) is 2.84. The molecule has 3 unspecified atom stereocenters. The molecule has 1 saturated carbocycles. The second-order valence-corrected chi connectivity index (χ2v) is 5.76. The normalized spacial score (nSPS) is 24.0. The van der Waals surface area contributed by atoms with Crippen LogP contribution < -0.4 is 14.8 Å². The number of nitrogens with one attached hydrogen (secondary N) is 1. The van der Waals surface area contributed by atoms with Gasteiger partial charge in [-0.1, -0.05) is 6.07 Å². The molecular formula is C16H19NO5. The van der Waals surface area contributed by atoms with Crippen molar-refractivity contribution in [1.29, 1.82) is 0 Å². The Morgan fingerprint density at radius 1 is 1.18 bits per heavy atom. The van der Waals surface area contributed by atoms with E-state index in [4.69, 9.17) is 14.6 Å². The molecule has 3 atom stereocenters. The van der Waals surface area contributed by atoms with Crippen LogP contribution in [0.2, 0.25) is 0 Å². The third-order valence-corrected chi connectivity index (χ3v) is 4.35. The molecule has 2 N–H and O–H groups in total. The summed E-state index contributed by atoms with van der Waals surface area (Å²) in [5.41, 5.74) is 0.906. The maximum atomic E-state index is 12.2. The van der Waals surface area contributed by atoms with Crippen molar-refractivity contribution in [1.82, 2.24) is 5.32 Å². The Balaban J connectivity index is 1.65. The van der Waals surface area contributed by atoms with Crippen molar-refractivity contribution in [2.45, 2.75) is 25.8 Å². The molecule has 0 spiro atoms. The Kier molecular flexibility index (Phi) is 3.92. The lowest BCUT2D eigenvalue weighted by atomic mass is 9.73. The number of rotatable bonds is 4. The van der Waals surface area contributed by atoms with Gasteiger partial charge < -0.3 is 19.9 Å². The summed E-state index contributed by atoms with van der Waals surface area (Å²) in [5.74, 6) is -0.667. The van der Waals surface area contributed by atoms with Crippen molar-refractivity contribution >= 4 is 11.9 Å². The van der Waals surface area contributed by atoms with Crippen LogP contribution in [0, 0.1) is 11.8 Å². The average molecular weight is 305 g/mol. The minimum atomic E-state index is -0.890. The Hall–Kier alpha value is -2.24. The van der Waals surface area contributed by atoms with Crippen molar-refractivity contribution < 1.29 is 24.2 Å². The summed E-state index contributed by atoms with van der Waals surface area (Å²) in [5, 5.41) is 11.9. The molecule has 6 heteroatoms. The fraction of sp³-hybridized carbons (Fsp3) is 0.500. The van der Waals surface area contributed by atoms with Crippen molar-refractivity contribution in [3.63, 3.8) is 0 Å². The Labute approximate surface area is 128 Å². The molecule has 0 saturated heterocycles. The lowest BCUT2D eigenvalue weighted by Crippen LogP contribution is -2.44. The van der Waals surface area contributed by atoms with E-state index >= 15 is 0 Å². The van der Waals surface area contributed by atoms with Gasteiger partial charge in [-0.15, -0.1) is 0 Å². The molecule has 0 aromatic heterocycles. The second-order valence-electron chi connectivity index (χ2n) is 5.76.